The third kappa shape index (κ3) is 2.88. The Kier molecular flexibility index (Phi) is 4.47. The van der Waals surface area contributed by atoms with E-state index >= 15 is 0 Å². The maximum absolute atomic E-state index is 13.3. The Hall–Kier alpha value is -2.34. The number of aromatic nitrogens is 2. The van der Waals surface area contributed by atoms with Gasteiger partial charge in [-0.25, -0.2) is 4.68 Å². The number of carboxylic acids is 1. The first-order valence-corrected chi connectivity index (χ1v) is 11.0. The van der Waals surface area contributed by atoms with Gasteiger partial charge in [0.15, 0.2) is 0 Å². The molecule has 2 N–H and O–H groups in total. The number of benzene rings is 1. The molecule has 0 spiro atoms. The van der Waals surface area contributed by atoms with E-state index in [0.717, 1.165) is 36.1 Å². The summed E-state index contributed by atoms with van der Waals surface area (Å²) in [6, 6.07) is 5.99. The van der Waals surface area contributed by atoms with Crippen molar-refractivity contribution < 1.29 is 9.90 Å². The molecule has 0 aliphatic heterocycles. The molecule has 30 heavy (non-hydrogen) atoms. The number of hydrogen-bond donors (Lipinski definition) is 2. The van der Waals surface area contributed by atoms with Crippen LogP contribution in [0.5, 0.6) is 0 Å². The van der Waals surface area contributed by atoms with Gasteiger partial charge in [-0.15, -0.1) is 0 Å². The summed E-state index contributed by atoms with van der Waals surface area (Å²) in [5, 5.41) is 17.8. The van der Waals surface area contributed by atoms with Crippen molar-refractivity contribution in [1.82, 2.24) is 9.78 Å². The minimum absolute atomic E-state index is 0.0601. The molecule has 4 bridgehead atoms. The molecule has 0 unspecified atom stereocenters. The molecular weight excluding hydrogens is 402 g/mol. The molecule has 1 heterocycles. The monoisotopic (exact) mass is 427 g/mol. The van der Waals surface area contributed by atoms with Crippen molar-refractivity contribution in [1.29, 1.82) is 0 Å². The predicted octanol–water partition coefficient (Wildman–Crippen LogP) is 4.49. The second kappa shape index (κ2) is 6.84. The zero-order chi connectivity index (χ0) is 21.2. The van der Waals surface area contributed by atoms with Gasteiger partial charge in [0.2, 0.25) is 0 Å². The van der Waals surface area contributed by atoms with Crippen LogP contribution >= 0.6 is 11.6 Å². The molecule has 0 amide bonds. The second-order valence-electron chi connectivity index (χ2n) is 9.56. The summed E-state index contributed by atoms with van der Waals surface area (Å²) in [5.74, 6) is -0.336. The van der Waals surface area contributed by atoms with Gasteiger partial charge in [0, 0.05) is 5.69 Å². The van der Waals surface area contributed by atoms with Gasteiger partial charge in [-0.3, -0.25) is 9.59 Å². The van der Waals surface area contributed by atoms with Crippen LogP contribution in [0.4, 0.5) is 11.4 Å². The number of carbonyl (C=O) groups is 1. The maximum Gasteiger partial charge on any atom is 0.309 e. The van der Waals surface area contributed by atoms with Crippen LogP contribution < -0.4 is 10.9 Å². The standard InChI is InChI=1S/C23H26ClN3O3/c1-12-3-4-17(13(2)5-12)26-18-11-25-27(21(28)20(18)24)23-9-14-6-15(10-23)8-16(7-14)19(23)22(29)30/h3-5,11,14-16,19,26H,6-10H2,1-2H3,(H,29,30)/t14-,15-,16?,19+,23?/m0/s1. The minimum Gasteiger partial charge on any atom is -0.481 e. The molecule has 1 aromatic heterocycles. The number of hydrogen-bond acceptors (Lipinski definition) is 4. The molecule has 4 aliphatic carbocycles. The maximum atomic E-state index is 13.3. The lowest BCUT2D eigenvalue weighted by atomic mass is 9.48. The van der Waals surface area contributed by atoms with E-state index in [0.29, 0.717) is 30.4 Å². The molecule has 6 nitrogen and oxygen atoms in total. The second-order valence-corrected chi connectivity index (χ2v) is 9.94. The topological polar surface area (TPSA) is 84.2 Å². The van der Waals surface area contributed by atoms with E-state index in [1.165, 1.54) is 4.68 Å². The molecule has 0 saturated heterocycles. The number of rotatable bonds is 4. The summed E-state index contributed by atoms with van der Waals surface area (Å²) < 4.78 is 1.42. The van der Waals surface area contributed by atoms with E-state index in [-0.39, 0.29) is 10.9 Å². The summed E-state index contributed by atoms with van der Waals surface area (Å²) in [6.45, 7) is 4.02. The first kappa shape index (κ1) is 19.6. The smallest absolute Gasteiger partial charge is 0.309 e. The van der Waals surface area contributed by atoms with Crippen LogP contribution in [0, 0.1) is 37.5 Å². The fraction of sp³-hybridized carbons (Fsp3) is 0.522. The van der Waals surface area contributed by atoms with Crippen LogP contribution in [0.25, 0.3) is 0 Å². The lowest BCUT2D eigenvalue weighted by Crippen LogP contribution is -2.63. The van der Waals surface area contributed by atoms with Crippen molar-refractivity contribution in [2.24, 2.45) is 23.7 Å². The van der Waals surface area contributed by atoms with Crippen LogP contribution in [-0.4, -0.2) is 20.9 Å². The summed E-state index contributed by atoms with van der Waals surface area (Å²) >= 11 is 6.52. The SMILES string of the molecule is Cc1ccc(Nc2cnn(C34C[C@@H]5CC(C[C@H](C5)C3)[C@@H]4C(=O)O)c(=O)c2Cl)c(C)c1. The lowest BCUT2D eigenvalue weighted by molar-refractivity contribution is -0.168. The van der Waals surface area contributed by atoms with Crippen molar-refractivity contribution in [3.05, 3.63) is 50.9 Å². The Morgan fingerprint density at radius 1 is 1.20 bits per heavy atom. The Morgan fingerprint density at radius 3 is 2.53 bits per heavy atom. The van der Waals surface area contributed by atoms with Gasteiger partial charge in [0.05, 0.1) is 23.3 Å². The third-order valence-corrected chi connectivity index (χ3v) is 7.90. The molecule has 1 aromatic carbocycles. The van der Waals surface area contributed by atoms with E-state index in [1.54, 1.807) is 6.20 Å². The first-order chi connectivity index (χ1) is 14.3. The molecule has 3 atom stereocenters. The van der Waals surface area contributed by atoms with Gasteiger partial charge in [0.1, 0.15) is 5.02 Å². The molecule has 0 radical (unpaired) electrons. The number of nitrogens with zero attached hydrogens (tertiary/aromatic N) is 2. The quantitative estimate of drug-likeness (QED) is 0.750. The van der Waals surface area contributed by atoms with E-state index in [4.69, 9.17) is 11.6 Å². The Morgan fingerprint density at radius 2 is 1.90 bits per heavy atom. The van der Waals surface area contributed by atoms with Crippen LogP contribution in [0.1, 0.15) is 43.2 Å². The normalized spacial score (nSPS) is 31.7. The molecule has 2 aromatic rings. The van der Waals surface area contributed by atoms with Crippen LogP contribution in [0.2, 0.25) is 5.02 Å². The van der Waals surface area contributed by atoms with Crippen LogP contribution in [0.3, 0.4) is 0 Å². The Labute approximate surface area is 180 Å². The van der Waals surface area contributed by atoms with Gasteiger partial charge in [0.25, 0.3) is 5.56 Å². The van der Waals surface area contributed by atoms with Crippen molar-refractivity contribution in [3.63, 3.8) is 0 Å². The average molecular weight is 428 g/mol. The fourth-order valence-electron chi connectivity index (χ4n) is 6.67. The number of anilines is 2. The Balaban J connectivity index is 1.56. The van der Waals surface area contributed by atoms with Gasteiger partial charge < -0.3 is 10.4 Å². The highest BCUT2D eigenvalue weighted by atomic mass is 35.5. The number of aliphatic carboxylic acids is 1. The fourth-order valence-corrected chi connectivity index (χ4v) is 6.85. The zero-order valence-corrected chi connectivity index (χ0v) is 17.9. The summed E-state index contributed by atoms with van der Waals surface area (Å²) in [4.78, 5) is 25.6. The zero-order valence-electron chi connectivity index (χ0n) is 17.2. The number of carboxylic acid groups (broad SMARTS) is 1. The van der Waals surface area contributed by atoms with Crippen molar-refractivity contribution in [3.8, 4) is 0 Å². The van der Waals surface area contributed by atoms with Crippen molar-refractivity contribution >= 4 is 28.9 Å². The van der Waals surface area contributed by atoms with Gasteiger partial charge in [-0.05, 0) is 75.3 Å². The molecule has 158 valence electrons. The highest BCUT2D eigenvalue weighted by Crippen LogP contribution is 2.61. The summed E-state index contributed by atoms with van der Waals surface area (Å²) in [6.07, 6.45) is 6.00. The van der Waals surface area contributed by atoms with E-state index in [1.807, 2.05) is 26.0 Å². The van der Waals surface area contributed by atoms with E-state index < -0.39 is 23.0 Å². The van der Waals surface area contributed by atoms with Gasteiger partial charge >= 0.3 is 5.97 Å². The van der Waals surface area contributed by atoms with Crippen molar-refractivity contribution in [2.75, 3.05) is 5.32 Å². The van der Waals surface area contributed by atoms with Gasteiger partial charge in [-0.2, -0.15) is 5.10 Å². The highest BCUT2D eigenvalue weighted by molar-refractivity contribution is 6.33. The molecule has 4 aliphatic rings. The average Bonchev–Trinajstić information content (AvgIpc) is 2.66. The lowest BCUT2D eigenvalue weighted by Gasteiger charge is -2.59. The van der Waals surface area contributed by atoms with Gasteiger partial charge in [-0.1, -0.05) is 29.3 Å². The largest absolute Gasteiger partial charge is 0.481 e. The first-order valence-electron chi connectivity index (χ1n) is 10.6. The molecule has 6 rings (SSSR count). The van der Waals surface area contributed by atoms with E-state index in [9.17, 15) is 14.7 Å². The molecule has 7 heteroatoms. The highest BCUT2D eigenvalue weighted by Gasteiger charge is 2.61. The minimum atomic E-state index is -0.818. The Bertz CT molecular complexity index is 1080. The number of halogens is 1. The number of aryl methyl sites for hydroxylation is 2. The summed E-state index contributed by atoms with van der Waals surface area (Å²) in [7, 11) is 0. The van der Waals surface area contributed by atoms with Crippen LogP contribution in [-0.2, 0) is 10.3 Å². The van der Waals surface area contributed by atoms with Crippen LogP contribution in [0.15, 0.2) is 29.2 Å². The molecule has 4 saturated carbocycles. The third-order valence-electron chi connectivity index (χ3n) is 7.53. The van der Waals surface area contributed by atoms with E-state index in [2.05, 4.69) is 16.5 Å². The van der Waals surface area contributed by atoms with Crippen molar-refractivity contribution in [2.45, 2.75) is 51.5 Å². The number of nitrogens with one attached hydrogen (secondary N) is 1. The predicted molar refractivity (Wildman–Crippen MR) is 115 cm³/mol. The molecule has 4 fully saturated rings. The molecular formula is C23H26ClN3O3. The summed E-state index contributed by atoms with van der Waals surface area (Å²) in [5.41, 5.74) is 2.34.